The van der Waals surface area contributed by atoms with Gasteiger partial charge in [0.1, 0.15) is 5.75 Å². The summed E-state index contributed by atoms with van der Waals surface area (Å²) in [5.41, 5.74) is 2.06. The van der Waals surface area contributed by atoms with Crippen molar-refractivity contribution in [2.45, 2.75) is 19.8 Å². The number of aryl methyl sites for hydroxylation is 1. The molecule has 2 aromatic rings. The molecule has 0 aromatic heterocycles. The quantitative estimate of drug-likeness (QED) is 0.657. The van der Waals surface area contributed by atoms with Gasteiger partial charge in [-0.1, -0.05) is 48.2 Å². The smallest absolute Gasteiger partial charge is 0.220 e. The van der Waals surface area contributed by atoms with Gasteiger partial charge in [-0.25, -0.2) is 0 Å². The first kappa shape index (κ1) is 16.6. The summed E-state index contributed by atoms with van der Waals surface area (Å²) in [6, 6.07) is 17.6. The van der Waals surface area contributed by atoms with Crippen molar-refractivity contribution in [2.75, 3.05) is 13.2 Å². The predicted octanol–water partition coefficient (Wildman–Crippen LogP) is 3.32. The topological polar surface area (TPSA) is 38.3 Å². The Bertz CT molecular complexity index is 684. The van der Waals surface area contributed by atoms with Crippen LogP contribution in [0.1, 0.15) is 24.0 Å². The molecule has 2 aromatic carbocycles. The Labute approximate surface area is 137 Å². The number of amides is 1. The monoisotopic (exact) mass is 307 g/mol. The molecule has 0 aliphatic heterocycles. The van der Waals surface area contributed by atoms with E-state index in [1.54, 1.807) is 0 Å². The Morgan fingerprint density at radius 2 is 1.83 bits per heavy atom. The Morgan fingerprint density at radius 1 is 1.09 bits per heavy atom. The third-order valence-electron chi connectivity index (χ3n) is 3.28. The third kappa shape index (κ3) is 6.27. The Balaban J connectivity index is 1.61. The highest BCUT2D eigenvalue weighted by Gasteiger charge is 2.01. The molecule has 3 heteroatoms. The van der Waals surface area contributed by atoms with Crippen LogP contribution in [0.2, 0.25) is 0 Å². The number of rotatable bonds is 6. The molecule has 0 fully saturated rings. The summed E-state index contributed by atoms with van der Waals surface area (Å²) in [7, 11) is 0. The highest BCUT2D eigenvalue weighted by molar-refractivity contribution is 5.76. The molecule has 0 radical (unpaired) electrons. The molecule has 0 spiro atoms. The van der Waals surface area contributed by atoms with E-state index >= 15 is 0 Å². The number of benzene rings is 2. The minimum absolute atomic E-state index is 0.000690. The van der Waals surface area contributed by atoms with Crippen LogP contribution < -0.4 is 10.1 Å². The lowest BCUT2D eigenvalue weighted by Gasteiger charge is -2.08. The second-order valence-electron chi connectivity index (χ2n) is 5.16. The Hall–Kier alpha value is -2.73. The lowest BCUT2D eigenvalue weighted by atomic mass is 10.2. The molecule has 0 saturated carbocycles. The largest absolute Gasteiger partial charge is 0.493 e. The summed E-state index contributed by atoms with van der Waals surface area (Å²) in [5.74, 6) is 6.83. The highest BCUT2D eigenvalue weighted by atomic mass is 16.5. The van der Waals surface area contributed by atoms with Gasteiger partial charge in [0.15, 0.2) is 0 Å². The number of hydrogen-bond donors (Lipinski definition) is 1. The molecule has 0 aliphatic rings. The summed E-state index contributed by atoms with van der Waals surface area (Å²) < 4.78 is 5.66. The summed E-state index contributed by atoms with van der Waals surface area (Å²) in [5, 5.41) is 2.79. The van der Waals surface area contributed by atoms with Crippen LogP contribution >= 0.6 is 0 Å². The zero-order valence-electron chi connectivity index (χ0n) is 13.3. The van der Waals surface area contributed by atoms with E-state index < -0.39 is 0 Å². The van der Waals surface area contributed by atoms with E-state index in [4.69, 9.17) is 4.74 Å². The number of nitrogens with one attached hydrogen (secondary N) is 1. The summed E-state index contributed by atoms with van der Waals surface area (Å²) in [6.45, 7) is 2.91. The van der Waals surface area contributed by atoms with Gasteiger partial charge in [-0.15, -0.1) is 0 Å². The van der Waals surface area contributed by atoms with E-state index in [9.17, 15) is 4.79 Å². The molecule has 0 unspecified atom stereocenters. The van der Waals surface area contributed by atoms with Crippen molar-refractivity contribution in [3.05, 3.63) is 65.7 Å². The molecule has 1 N–H and O–H groups in total. The van der Waals surface area contributed by atoms with Crippen molar-refractivity contribution in [1.82, 2.24) is 5.32 Å². The summed E-state index contributed by atoms with van der Waals surface area (Å²) in [6.07, 6.45) is 1.13. The summed E-state index contributed by atoms with van der Waals surface area (Å²) >= 11 is 0. The zero-order valence-corrected chi connectivity index (χ0v) is 13.3. The van der Waals surface area contributed by atoms with Crippen LogP contribution in [0.3, 0.4) is 0 Å². The molecule has 23 heavy (non-hydrogen) atoms. The van der Waals surface area contributed by atoms with Crippen molar-refractivity contribution in [1.29, 1.82) is 0 Å². The minimum Gasteiger partial charge on any atom is -0.493 e. The first-order chi connectivity index (χ1) is 11.3. The van der Waals surface area contributed by atoms with Crippen LogP contribution in [-0.4, -0.2) is 19.1 Å². The van der Waals surface area contributed by atoms with Gasteiger partial charge in [0.25, 0.3) is 0 Å². The fourth-order valence-corrected chi connectivity index (χ4v) is 2.03. The van der Waals surface area contributed by atoms with Gasteiger partial charge in [0.05, 0.1) is 13.2 Å². The minimum atomic E-state index is 0.000690. The van der Waals surface area contributed by atoms with Gasteiger partial charge in [0.2, 0.25) is 5.91 Å². The van der Waals surface area contributed by atoms with E-state index in [1.165, 1.54) is 0 Å². The third-order valence-corrected chi connectivity index (χ3v) is 3.28. The highest BCUT2D eigenvalue weighted by Crippen LogP contribution is 2.16. The molecular weight excluding hydrogens is 286 g/mol. The fraction of sp³-hybridized carbons (Fsp3) is 0.250. The van der Waals surface area contributed by atoms with E-state index in [1.807, 2.05) is 61.5 Å². The van der Waals surface area contributed by atoms with E-state index in [-0.39, 0.29) is 5.91 Å². The van der Waals surface area contributed by atoms with E-state index in [0.29, 0.717) is 26.0 Å². The first-order valence-electron chi connectivity index (χ1n) is 7.75. The van der Waals surface area contributed by atoms with Crippen LogP contribution in [0.25, 0.3) is 0 Å². The molecule has 0 bridgehead atoms. The standard InChI is InChI=1S/C20H21NO2/c1-17-9-5-6-13-19(17)23-16-8-14-20(22)21-15-7-12-18-10-3-2-4-11-18/h2-6,9-11,13H,8,14-16H2,1H3,(H,21,22). The SMILES string of the molecule is Cc1ccccc1OCCCC(=O)NCC#Cc1ccccc1. The Kier molecular flexibility index (Phi) is 6.74. The van der Waals surface area contributed by atoms with Crippen molar-refractivity contribution >= 4 is 5.91 Å². The van der Waals surface area contributed by atoms with Crippen LogP contribution in [-0.2, 0) is 4.79 Å². The van der Waals surface area contributed by atoms with Gasteiger partial charge in [-0.2, -0.15) is 0 Å². The van der Waals surface area contributed by atoms with Gasteiger partial charge < -0.3 is 10.1 Å². The molecule has 0 saturated heterocycles. The number of para-hydroxylation sites is 1. The average molecular weight is 307 g/mol. The molecule has 0 heterocycles. The van der Waals surface area contributed by atoms with Crippen LogP contribution in [0.5, 0.6) is 5.75 Å². The van der Waals surface area contributed by atoms with Crippen molar-refractivity contribution in [3.63, 3.8) is 0 Å². The maximum atomic E-state index is 11.7. The fourth-order valence-electron chi connectivity index (χ4n) is 2.03. The van der Waals surface area contributed by atoms with E-state index in [0.717, 1.165) is 16.9 Å². The molecule has 2 rings (SSSR count). The van der Waals surface area contributed by atoms with E-state index in [2.05, 4.69) is 17.2 Å². The maximum Gasteiger partial charge on any atom is 0.220 e. The summed E-state index contributed by atoms with van der Waals surface area (Å²) in [4.78, 5) is 11.7. The van der Waals surface area contributed by atoms with Crippen molar-refractivity contribution in [3.8, 4) is 17.6 Å². The lowest BCUT2D eigenvalue weighted by Crippen LogP contribution is -2.23. The normalized spacial score (nSPS) is 9.61. The zero-order chi connectivity index (χ0) is 16.3. The van der Waals surface area contributed by atoms with Crippen molar-refractivity contribution < 1.29 is 9.53 Å². The second-order valence-corrected chi connectivity index (χ2v) is 5.16. The van der Waals surface area contributed by atoms with Gasteiger partial charge >= 0.3 is 0 Å². The lowest BCUT2D eigenvalue weighted by molar-refractivity contribution is -0.121. The molecule has 118 valence electrons. The predicted molar refractivity (Wildman–Crippen MR) is 92.2 cm³/mol. The molecular formula is C20H21NO2. The van der Waals surface area contributed by atoms with Crippen LogP contribution in [0.4, 0.5) is 0 Å². The Morgan fingerprint density at radius 3 is 2.61 bits per heavy atom. The van der Waals surface area contributed by atoms with Gasteiger partial charge in [0, 0.05) is 12.0 Å². The molecule has 0 aliphatic carbocycles. The van der Waals surface area contributed by atoms with Crippen LogP contribution in [0.15, 0.2) is 54.6 Å². The second kappa shape index (κ2) is 9.32. The van der Waals surface area contributed by atoms with Crippen LogP contribution in [0, 0.1) is 18.8 Å². The number of hydrogen-bond acceptors (Lipinski definition) is 2. The van der Waals surface area contributed by atoms with Gasteiger partial charge in [-0.05, 0) is 37.1 Å². The number of carbonyl (C=O) groups is 1. The van der Waals surface area contributed by atoms with Gasteiger partial charge in [-0.3, -0.25) is 4.79 Å². The number of ether oxygens (including phenoxy) is 1. The first-order valence-corrected chi connectivity index (χ1v) is 7.75. The molecule has 0 atom stereocenters. The average Bonchev–Trinajstić information content (AvgIpc) is 2.58. The molecule has 1 amide bonds. The maximum absolute atomic E-state index is 11.7. The molecule has 3 nitrogen and oxygen atoms in total. The van der Waals surface area contributed by atoms with Crippen molar-refractivity contribution in [2.24, 2.45) is 0 Å². The number of carbonyl (C=O) groups excluding carboxylic acids is 1.